The van der Waals surface area contributed by atoms with Crippen LogP contribution >= 0.6 is 34.8 Å². The highest BCUT2D eigenvalue weighted by atomic mass is 35.5. The van der Waals surface area contributed by atoms with Crippen LogP contribution in [0.2, 0.25) is 15.1 Å². The van der Waals surface area contributed by atoms with Crippen LogP contribution in [0.5, 0.6) is 0 Å². The van der Waals surface area contributed by atoms with Crippen molar-refractivity contribution in [2.75, 3.05) is 80.0 Å². The molecule has 1 aliphatic heterocycles. The number of anilines is 4. The molecule has 3 aromatic heterocycles. The van der Waals surface area contributed by atoms with Crippen LogP contribution in [0.4, 0.5) is 40.6 Å². The van der Waals surface area contributed by atoms with Crippen LogP contribution in [0, 0.1) is 0 Å². The molecule has 23 heteroatoms. The zero-order valence-electron chi connectivity index (χ0n) is 53.8. The Balaban J connectivity index is 0.000000148. The first kappa shape index (κ1) is 67.3. The van der Waals surface area contributed by atoms with E-state index in [1.54, 1.807) is 18.2 Å². The fourth-order valence-corrected chi connectivity index (χ4v) is 11.7. The van der Waals surface area contributed by atoms with Crippen LogP contribution in [0.3, 0.4) is 0 Å². The number of aliphatic imine (C=N–C) groups is 3. The van der Waals surface area contributed by atoms with E-state index in [4.69, 9.17) is 69.2 Å². The lowest BCUT2D eigenvalue weighted by atomic mass is 10.1. The summed E-state index contributed by atoms with van der Waals surface area (Å²) in [4.78, 5) is 50.8. The Bertz CT molecular complexity index is 4740. The van der Waals surface area contributed by atoms with Gasteiger partial charge in [-0.3, -0.25) is 0 Å². The van der Waals surface area contributed by atoms with E-state index in [0.29, 0.717) is 15.1 Å². The van der Waals surface area contributed by atoms with Crippen LogP contribution in [0.1, 0.15) is 11.1 Å². The number of para-hydroxylation sites is 1. The number of likely N-dealkylation sites (N-methyl/N-ethyl adjacent to an activating group) is 1. The Hall–Kier alpha value is -11.2. The molecule has 0 spiro atoms. The number of nitrogens with zero attached hydrogens (tertiary/aromatic N) is 14. The van der Waals surface area contributed by atoms with Crippen molar-refractivity contribution < 1.29 is 0 Å². The second kappa shape index (κ2) is 31.4. The fourth-order valence-electron chi connectivity index (χ4n) is 11.2. The highest BCUT2D eigenvalue weighted by molar-refractivity contribution is 6.32. The largest absolute Gasteiger partial charge is 0.370 e. The monoisotopic (exact) mass is 1350 g/mol. The van der Waals surface area contributed by atoms with Crippen LogP contribution < -0.4 is 54.0 Å². The van der Waals surface area contributed by atoms with Crippen molar-refractivity contribution in [3.05, 3.63) is 245 Å². The second-order valence-corrected chi connectivity index (χ2v) is 24.5. The molecular weight excluding hydrogens is 1280 g/mol. The van der Waals surface area contributed by atoms with E-state index in [1.165, 1.54) is 22.5 Å². The molecule has 20 nitrogen and oxygen atoms in total. The number of benzene rings is 9. The fraction of sp³-hybridized carbons (Fsp3) is 0.149. The number of guanidine groups is 3. The topological polar surface area (TPSA) is 287 Å². The lowest BCUT2D eigenvalue weighted by molar-refractivity contribution is 0.412. The van der Waals surface area contributed by atoms with E-state index in [9.17, 15) is 0 Å². The summed E-state index contributed by atoms with van der Waals surface area (Å²) in [5.41, 5.74) is 47.6. The molecule has 0 bridgehead atoms. The van der Waals surface area contributed by atoms with E-state index >= 15 is 0 Å². The summed E-state index contributed by atoms with van der Waals surface area (Å²) in [6.07, 6.45) is 0. The van der Waals surface area contributed by atoms with Gasteiger partial charge in [0.15, 0.2) is 17.9 Å². The summed E-state index contributed by atoms with van der Waals surface area (Å²) >= 11 is 18.7. The van der Waals surface area contributed by atoms with E-state index in [2.05, 4.69) is 218 Å². The van der Waals surface area contributed by atoms with Crippen molar-refractivity contribution in [3.8, 4) is 33.8 Å². The van der Waals surface area contributed by atoms with Crippen LogP contribution in [-0.4, -0.2) is 113 Å². The average molecular weight is 1350 g/mol. The lowest BCUT2D eigenvalue weighted by Crippen LogP contribution is -2.46. The maximum absolute atomic E-state index is 6.27. The van der Waals surface area contributed by atoms with E-state index in [1.807, 2.05) is 72.8 Å². The molecule has 1 aliphatic rings. The zero-order valence-corrected chi connectivity index (χ0v) is 56.1. The summed E-state index contributed by atoms with van der Waals surface area (Å²) in [6.45, 7) is 7.41. The number of hydrogen-bond donors (Lipinski definition) is 6. The second-order valence-electron chi connectivity index (χ2n) is 23.2. The number of halogens is 3. The summed E-state index contributed by atoms with van der Waals surface area (Å²) < 4.78 is 0. The van der Waals surface area contributed by atoms with Crippen molar-refractivity contribution in [3.63, 3.8) is 0 Å². The Morgan fingerprint density at radius 2 is 0.722 bits per heavy atom. The maximum Gasteiger partial charge on any atom is 0.253 e. The molecule has 9 aromatic carbocycles. The molecule has 1 saturated heterocycles. The predicted octanol–water partition coefficient (Wildman–Crippen LogP) is 13.1. The molecule has 13 rings (SSSR count). The van der Waals surface area contributed by atoms with Gasteiger partial charge in [0.05, 0.1) is 33.6 Å². The molecule has 0 radical (unpaired) electrons. The van der Waals surface area contributed by atoms with Gasteiger partial charge in [0, 0.05) is 130 Å². The molecule has 4 heterocycles. The van der Waals surface area contributed by atoms with Gasteiger partial charge in [-0.2, -0.15) is 15.0 Å². The van der Waals surface area contributed by atoms with Crippen molar-refractivity contribution in [2.24, 2.45) is 49.4 Å². The summed E-state index contributed by atoms with van der Waals surface area (Å²) in [7, 11) is 6.24. The third kappa shape index (κ3) is 17.8. The van der Waals surface area contributed by atoms with Gasteiger partial charge in [0.2, 0.25) is 0 Å². The minimum absolute atomic E-state index is 0.0840. The highest BCUT2D eigenvalue weighted by Crippen LogP contribution is 2.36. The molecule has 0 aliphatic carbocycles. The third-order valence-electron chi connectivity index (χ3n) is 15.9. The first-order chi connectivity index (χ1) is 46.9. The van der Waals surface area contributed by atoms with Gasteiger partial charge in [0.1, 0.15) is 0 Å². The molecule has 0 atom stereocenters. The summed E-state index contributed by atoms with van der Waals surface area (Å²) in [5.74, 6) is 0.384. The number of nitrogens with two attached hydrogens (primary N) is 6. The van der Waals surface area contributed by atoms with Gasteiger partial charge in [-0.15, -0.1) is 0 Å². The van der Waals surface area contributed by atoms with Crippen LogP contribution in [-0.2, 0) is 13.1 Å². The molecule has 0 saturated carbocycles. The van der Waals surface area contributed by atoms with Gasteiger partial charge in [0.25, 0.3) is 17.8 Å². The third-order valence-corrected chi connectivity index (χ3v) is 16.6. The predicted molar refractivity (Wildman–Crippen MR) is 402 cm³/mol. The van der Waals surface area contributed by atoms with Gasteiger partial charge < -0.3 is 58.9 Å². The summed E-state index contributed by atoms with van der Waals surface area (Å²) in [6, 6.07) is 72.8. The molecular formula is C74H73Cl3N20. The van der Waals surface area contributed by atoms with Crippen molar-refractivity contribution in [1.29, 1.82) is 0 Å². The standard InChI is InChI=1S/C26H28ClN7.C25H24ClN7.C23H21ClN6/c1-33(2)14-15-34(17-18-6-4-3-5-7-18)21-11-8-19(9-12-21)24-22-16-20(27)10-13-23(22)30-26(31-24)32-25(28)29;26-18-8-11-22-21(16-18)23(30-25(29-22)31-24(27)28)17-6-9-20(10-7-17)33-14-12-32(13-15-33)19-4-2-1-3-5-19;1-30(14-15-5-3-2-4-6-15)18-10-7-16(8-11-18)21-19-13-17(24)9-12-20(19)27-23(28-21)29-22(25)26/h3-13,16H,14-15,17H2,1-2H3,(H4,28,29,30,31,32);1-11,16H,12-15H2,(H4,27,28,29,30,31);2-13H,14H2,1H3,(H4,25,26,27,28,29). The van der Waals surface area contributed by atoms with Gasteiger partial charge in [-0.1, -0.05) is 150 Å². The zero-order chi connectivity index (χ0) is 68.0. The Morgan fingerprint density at radius 1 is 0.381 bits per heavy atom. The minimum atomic E-state index is -0.0907. The number of piperazine rings is 1. The quantitative estimate of drug-likeness (QED) is 0.0365. The molecule has 12 N–H and O–H groups in total. The van der Waals surface area contributed by atoms with Crippen molar-refractivity contribution in [1.82, 2.24) is 34.8 Å². The van der Waals surface area contributed by atoms with Crippen molar-refractivity contribution in [2.45, 2.75) is 13.1 Å². The van der Waals surface area contributed by atoms with E-state index in [0.717, 1.165) is 130 Å². The van der Waals surface area contributed by atoms with Gasteiger partial charge in [-0.25, -0.2) is 29.9 Å². The molecule has 0 unspecified atom stereocenters. The highest BCUT2D eigenvalue weighted by Gasteiger charge is 2.20. The number of aromatic nitrogens is 6. The first-order valence-electron chi connectivity index (χ1n) is 31.2. The average Bonchev–Trinajstić information content (AvgIpc) is 0.815. The van der Waals surface area contributed by atoms with Crippen molar-refractivity contribution >= 4 is 126 Å². The normalized spacial score (nSPS) is 11.9. The first-order valence-corrected chi connectivity index (χ1v) is 32.3. The van der Waals surface area contributed by atoms with Gasteiger partial charge >= 0.3 is 0 Å². The lowest BCUT2D eigenvalue weighted by Gasteiger charge is -2.37. The smallest absolute Gasteiger partial charge is 0.253 e. The number of fused-ring (bicyclic) bond motifs is 3. The SMILES string of the molecule is CN(C)CCN(Cc1ccccc1)c1ccc(-c2nc(N=C(N)N)nc3ccc(Cl)cc23)cc1.CN(Cc1ccccc1)c1ccc(-c2nc(N=C(N)N)nc3ccc(Cl)cc23)cc1.NC(N)=Nc1nc(-c2ccc(N3CCN(c4ccccc4)CC3)cc2)c2cc(Cl)ccc2n1. The molecule has 12 aromatic rings. The Morgan fingerprint density at radius 3 is 1.09 bits per heavy atom. The molecule has 97 heavy (non-hydrogen) atoms. The summed E-state index contributed by atoms with van der Waals surface area (Å²) in [5, 5.41) is 4.37. The Kier molecular flexibility index (Phi) is 21.8. The van der Waals surface area contributed by atoms with E-state index < -0.39 is 0 Å². The molecule has 1 fully saturated rings. The Labute approximate surface area is 578 Å². The minimum Gasteiger partial charge on any atom is -0.370 e. The van der Waals surface area contributed by atoms with Gasteiger partial charge in [-0.05, 0) is 128 Å². The van der Waals surface area contributed by atoms with Crippen LogP contribution in [0.25, 0.3) is 66.5 Å². The van der Waals surface area contributed by atoms with E-state index in [-0.39, 0.29) is 35.7 Å². The number of rotatable bonds is 17. The van der Waals surface area contributed by atoms with Crippen LogP contribution in [0.15, 0.2) is 233 Å². The number of hydrogen-bond acceptors (Lipinski definition) is 14. The maximum atomic E-state index is 6.27. The molecule has 0 amide bonds. The molecule has 490 valence electrons.